The van der Waals surface area contributed by atoms with Gasteiger partial charge in [0, 0.05) is 0 Å². The van der Waals surface area contributed by atoms with Gasteiger partial charge in [-0.05, 0) is 30.1 Å². The SMILES string of the molecule is CCC1CCCCC1C(C)C1CCCCC1. The summed E-state index contributed by atoms with van der Waals surface area (Å²) in [6.45, 7) is 4.99. The molecule has 0 saturated heterocycles. The third-order valence-electron chi connectivity index (χ3n) is 5.56. The van der Waals surface area contributed by atoms with Crippen LogP contribution in [-0.2, 0) is 0 Å². The molecule has 16 heavy (non-hydrogen) atoms. The van der Waals surface area contributed by atoms with E-state index in [4.69, 9.17) is 0 Å². The second-order valence-corrected chi connectivity index (χ2v) is 6.37. The van der Waals surface area contributed by atoms with Gasteiger partial charge >= 0.3 is 0 Å². The summed E-state index contributed by atoms with van der Waals surface area (Å²) in [5.74, 6) is 4.23. The quantitative estimate of drug-likeness (QED) is 0.598. The minimum atomic E-state index is 1.02. The van der Waals surface area contributed by atoms with Gasteiger partial charge in [-0.25, -0.2) is 0 Å². The molecule has 0 aromatic carbocycles. The van der Waals surface area contributed by atoms with Gasteiger partial charge < -0.3 is 0 Å². The van der Waals surface area contributed by atoms with Gasteiger partial charge in [0.25, 0.3) is 0 Å². The molecule has 0 radical (unpaired) electrons. The third kappa shape index (κ3) is 2.81. The van der Waals surface area contributed by atoms with Gasteiger partial charge in [-0.15, -0.1) is 0 Å². The van der Waals surface area contributed by atoms with Crippen LogP contribution in [0.4, 0.5) is 0 Å². The maximum atomic E-state index is 2.58. The highest BCUT2D eigenvalue weighted by Gasteiger charge is 2.32. The molecule has 2 aliphatic carbocycles. The molecule has 0 nitrogen and oxygen atoms in total. The maximum Gasteiger partial charge on any atom is -0.0358 e. The van der Waals surface area contributed by atoms with E-state index >= 15 is 0 Å². The molecule has 0 spiro atoms. The molecule has 0 aromatic rings. The Morgan fingerprint density at radius 1 is 0.875 bits per heavy atom. The molecule has 2 fully saturated rings. The van der Waals surface area contributed by atoms with Crippen molar-refractivity contribution in [3.63, 3.8) is 0 Å². The van der Waals surface area contributed by atoms with E-state index in [-0.39, 0.29) is 0 Å². The molecule has 2 rings (SSSR count). The normalized spacial score (nSPS) is 34.9. The predicted octanol–water partition coefficient (Wildman–Crippen LogP) is 5.42. The van der Waals surface area contributed by atoms with Gasteiger partial charge in [0.15, 0.2) is 0 Å². The highest BCUT2D eigenvalue weighted by Crippen LogP contribution is 2.43. The van der Waals surface area contributed by atoms with Crippen LogP contribution in [0.3, 0.4) is 0 Å². The maximum absolute atomic E-state index is 2.58. The van der Waals surface area contributed by atoms with E-state index in [9.17, 15) is 0 Å². The second kappa shape index (κ2) is 6.07. The highest BCUT2D eigenvalue weighted by atomic mass is 14.4. The lowest BCUT2D eigenvalue weighted by Crippen LogP contribution is -2.30. The van der Waals surface area contributed by atoms with Gasteiger partial charge in [0.2, 0.25) is 0 Å². The zero-order valence-corrected chi connectivity index (χ0v) is 11.4. The van der Waals surface area contributed by atoms with Crippen LogP contribution < -0.4 is 0 Å². The van der Waals surface area contributed by atoms with Crippen LogP contribution in [0, 0.1) is 23.7 Å². The van der Waals surface area contributed by atoms with Crippen molar-refractivity contribution in [1.29, 1.82) is 0 Å². The first-order valence-electron chi connectivity index (χ1n) is 7.83. The average Bonchev–Trinajstić information content (AvgIpc) is 2.39. The summed E-state index contributed by atoms with van der Waals surface area (Å²) in [5, 5.41) is 0. The van der Waals surface area contributed by atoms with Gasteiger partial charge in [-0.1, -0.05) is 71.6 Å². The van der Waals surface area contributed by atoms with Crippen LogP contribution in [-0.4, -0.2) is 0 Å². The van der Waals surface area contributed by atoms with Crippen LogP contribution in [0.25, 0.3) is 0 Å². The molecule has 3 unspecified atom stereocenters. The van der Waals surface area contributed by atoms with Gasteiger partial charge in [0.05, 0.1) is 0 Å². The van der Waals surface area contributed by atoms with Crippen molar-refractivity contribution in [2.75, 3.05) is 0 Å². The predicted molar refractivity (Wildman–Crippen MR) is 71.5 cm³/mol. The number of hydrogen-bond acceptors (Lipinski definition) is 0. The summed E-state index contributed by atoms with van der Waals surface area (Å²) in [6, 6.07) is 0. The van der Waals surface area contributed by atoms with Crippen molar-refractivity contribution in [2.45, 2.75) is 78.1 Å². The Kier molecular flexibility index (Phi) is 4.73. The average molecular weight is 222 g/mol. The fourth-order valence-electron chi connectivity index (χ4n) is 4.44. The van der Waals surface area contributed by atoms with E-state index in [2.05, 4.69) is 13.8 Å². The topological polar surface area (TPSA) is 0 Å². The lowest BCUT2D eigenvalue weighted by Gasteiger charge is -2.40. The first-order chi connectivity index (χ1) is 7.83. The molecule has 3 atom stereocenters. The third-order valence-corrected chi connectivity index (χ3v) is 5.56. The fraction of sp³-hybridized carbons (Fsp3) is 1.00. The largest absolute Gasteiger partial charge is 0.0651 e. The molecule has 0 heterocycles. The molecule has 2 saturated carbocycles. The summed E-state index contributed by atoms with van der Waals surface area (Å²) >= 11 is 0. The minimum absolute atomic E-state index is 1.02. The van der Waals surface area contributed by atoms with Crippen LogP contribution >= 0.6 is 0 Å². The van der Waals surface area contributed by atoms with Crippen LogP contribution in [0.15, 0.2) is 0 Å². The van der Waals surface area contributed by atoms with E-state index in [1.54, 1.807) is 0 Å². The summed E-state index contributed by atoms with van der Waals surface area (Å²) in [5.41, 5.74) is 0. The molecule has 0 bridgehead atoms. The van der Waals surface area contributed by atoms with E-state index in [1.807, 2.05) is 0 Å². The number of hydrogen-bond donors (Lipinski definition) is 0. The zero-order valence-electron chi connectivity index (χ0n) is 11.4. The van der Waals surface area contributed by atoms with Gasteiger partial charge in [0.1, 0.15) is 0 Å². The first-order valence-corrected chi connectivity index (χ1v) is 7.83. The molecule has 94 valence electrons. The van der Waals surface area contributed by atoms with Crippen LogP contribution in [0.2, 0.25) is 0 Å². The van der Waals surface area contributed by atoms with E-state index in [0.29, 0.717) is 0 Å². The number of rotatable bonds is 3. The van der Waals surface area contributed by atoms with Crippen molar-refractivity contribution in [2.24, 2.45) is 23.7 Å². The minimum Gasteiger partial charge on any atom is -0.0651 e. The summed E-state index contributed by atoms with van der Waals surface area (Å²) in [4.78, 5) is 0. The summed E-state index contributed by atoms with van der Waals surface area (Å²) < 4.78 is 0. The summed E-state index contributed by atoms with van der Waals surface area (Å²) in [7, 11) is 0. The van der Waals surface area contributed by atoms with E-state index in [0.717, 1.165) is 23.7 Å². The molecular formula is C16H30. The molecule has 0 amide bonds. The Labute approximate surface area is 102 Å². The lowest BCUT2D eigenvalue weighted by atomic mass is 9.66. The molecule has 0 aliphatic heterocycles. The van der Waals surface area contributed by atoms with E-state index in [1.165, 1.54) is 64.2 Å². The molecule has 0 N–H and O–H groups in total. The Balaban J connectivity index is 1.92. The summed E-state index contributed by atoms with van der Waals surface area (Å²) in [6.07, 6.45) is 15.1. The Bertz CT molecular complexity index is 190. The van der Waals surface area contributed by atoms with Crippen molar-refractivity contribution < 1.29 is 0 Å². The monoisotopic (exact) mass is 222 g/mol. The van der Waals surface area contributed by atoms with Crippen molar-refractivity contribution >= 4 is 0 Å². The Morgan fingerprint density at radius 2 is 1.50 bits per heavy atom. The van der Waals surface area contributed by atoms with Crippen LogP contribution in [0.1, 0.15) is 78.1 Å². The molecule has 0 aromatic heterocycles. The second-order valence-electron chi connectivity index (χ2n) is 6.37. The molecule has 0 heteroatoms. The Morgan fingerprint density at radius 3 is 2.19 bits per heavy atom. The van der Waals surface area contributed by atoms with Gasteiger partial charge in [-0.2, -0.15) is 0 Å². The van der Waals surface area contributed by atoms with E-state index < -0.39 is 0 Å². The van der Waals surface area contributed by atoms with Gasteiger partial charge in [-0.3, -0.25) is 0 Å². The standard InChI is InChI=1S/C16H30/c1-3-14-9-7-8-12-16(14)13(2)15-10-5-4-6-11-15/h13-16H,3-12H2,1-2H3. The van der Waals surface area contributed by atoms with Crippen molar-refractivity contribution in [3.05, 3.63) is 0 Å². The lowest BCUT2D eigenvalue weighted by molar-refractivity contribution is 0.104. The van der Waals surface area contributed by atoms with Crippen LogP contribution in [0.5, 0.6) is 0 Å². The highest BCUT2D eigenvalue weighted by molar-refractivity contribution is 4.83. The first kappa shape index (κ1) is 12.5. The fourth-order valence-corrected chi connectivity index (χ4v) is 4.44. The smallest absolute Gasteiger partial charge is 0.0358 e. The van der Waals surface area contributed by atoms with Crippen molar-refractivity contribution in [3.8, 4) is 0 Å². The molecule has 2 aliphatic rings. The van der Waals surface area contributed by atoms with Crippen molar-refractivity contribution in [1.82, 2.24) is 0 Å². The zero-order chi connectivity index (χ0) is 11.4. The Hall–Kier alpha value is 0. The molecular weight excluding hydrogens is 192 g/mol.